The molecule has 2 atom stereocenters. The van der Waals surface area contributed by atoms with E-state index in [1.807, 2.05) is 6.08 Å². The van der Waals surface area contributed by atoms with Gasteiger partial charge in [-0.3, -0.25) is 9.59 Å². The summed E-state index contributed by atoms with van der Waals surface area (Å²) in [5.74, 6) is -1.32. The van der Waals surface area contributed by atoms with Crippen molar-refractivity contribution in [1.82, 2.24) is 0 Å². The van der Waals surface area contributed by atoms with E-state index in [-0.39, 0.29) is 24.3 Å². The maximum atomic E-state index is 12.0. The van der Waals surface area contributed by atoms with Gasteiger partial charge in [-0.05, 0) is 18.1 Å². The van der Waals surface area contributed by atoms with E-state index in [0.29, 0.717) is 17.7 Å². The van der Waals surface area contributed by atoms with E-state index >= 15 is 0 Å². The van der Waals surface area contributed by atoms with Crippen molar-refractivity contribution in [3.63, 3.8) is 0 Å². The van der Waals surface area contributed by atoms with Gasteiger partial charge in [0.15, 0.2) is 0 Å². The van der Waals surface area contributed by atoms with E-state index in [1.54, 1.807) is 30.3 Å². The standard InChI is InChI=1S/C14H16N2O3/c15-11-6-5-10(7-11)14(19)16-12-4-2-1-3-9(12)8-13(17)18/h1-6,10-11H,7-8,15H2,(H,16,19)(H,17,18). The SMILES string of the molecule is NC1C=CC(C(=O)Nc2ccccc2CC(=O)O)C1. The number of para-hydroxylation sites is 1. The summed E-state index contributed by atoms with van der Waals surface area (Å²) in [7, 11) is 0. The van der Waals surface area contributed by atoms with Gasteiger partial charge in [-0.2, -0.15) is 0 Å². The van der Waals surface area contributed by atoms with Crippen LogP contribution in [-0.2, 0) is 16.0 Å². The smallest absolute Gasteiger partial charge is 0.307 e. The topological polar surface area (TPSA) is 92.4 Å². The molecule has 5 nitrogen and oxygen atoms in total. The van der Waals surface area contributed by atoms with E-state index in [1.165, 1.54) is 0 Å². The van der Waals surface area contributed by atoms with E-state index in [2.05, 4.69) is 5.32 Å². The second-order valence-corrected chi connectivity index (χ2v) is 4.61. The Hall–Kier alpha value is -2.14. The molecule has 1 amide bonds. The summed E-state index contributed by atoms with van der Waals surface area (Å²) in [6.07, 6.45) is 4.08. The number of carboxylic acid groups (broad SMARTS) is 1. The molecule has 1 aromatic rings. The minimum Gasteiger partial charge on any atom is -0.481 e. The van der Waals surface area contributed by atoms with Gasteiger partial charge in [-0.15, -0.1) is 0 Å². The largest absolute Gasteiger partial charge is 0.481 e. The lowest BCUT2D eigenvalue weighted by Gasteiger charge is -2.13. The summed E-state index contributed by atoms with van der Waals surface area (Å²) in [5.41, 5.74) is 6.84. The summed E-state index contributed by atoms with van der Waals surface area (Å²) in [5, 5.41) is 11.6. The van der Waals surface area contributed by atoms with Crippen molar-refractivity contribution in [1.29, 1.82) is 0 Å². The number of carboxylic acids is 1. The normalized spacial score (nSPS) is 21.3. The average Bonchev–Trinajstić information content (AvgIpc) is 2.78. The molecule has 100 valence electrons. The first-order valence-corrected chi connectivity index (χ1v) is 6.10. The molecule has 0 spiro atoms. The number of nitrogens with one attached hydrogen (secondary N) is 1. The van der Waals surface area contributed by atoms with Crippen LogP contribution in [-0.4, -0.2) is 23.0 Å². The maximum absolute atomic E-state index is 12.0. The molecule has 1 aliphatic carbocycles. The van der Waals surface area contributed by atoms with Gasteiger partial charge >= 0.3 is 5.97 Å². The molecular weight excluding hydrogens is 244 g/mol. The van der Waals surface area contributed by atoms with Crippen molar-refractivity contribution < 1.29 is 14.7 Å². The number of anilines is 1. The number of amides is 1. The predicted molar refractivity (Wildman–Crippen MR) is 71.6 cm³/mol. The lowest BCUT2D eigenvalue weighted by molar-refractivity contribution is -0.136. The molecule has 0 saturated heterocycles. The van der Waals surface area contributed by atoms with Crippen molar-refractivity contribution in [3.8, 4) is 0 Å². The fourth-order valence-corrected chi connectivity index (χ4v) is 2.11. The van der Waals surface area contributed by atoms with Crippen LogP contribution in [0.25, 0.3) is 0 Å². The zero-order valence-electron chi connectivity index (χ0n) is 10.4. The Balaban J connectivity index is 2.08. The molecule has 0 heterocycles. The van der Waals surface area contributed by atoms with Crippen LogP contribution in [0.5, 0.6) is 0 Å². The molecule has 2 rings (SSSR count). The van der Waals surface area contributed by atoms with Crippen LogP contribution in [0.3, 0.4) is 0 Å². The number of benzene rings is 1. The van der Waals surface area contributed by atoms with Crippen molar-refractivity contribution in [2.45, 2.75) is 18.9 Å². The van der Waals surface area contributed by atoms with Crippen molar-refractivity contribution >= 4 is 17.6 Å². The number of hydrogen-bond donors (Lipinski definition) is 3. The van der Waals surface area contributed by atoms with Crippen LogP contribution >= 0.6 is 0 Å². The Morgan fingerprint density at radius 3 is 2.68 bits per heavy atom. The van der Waals surface area contributed by atoms with Gasteiger partial charge in [0.05, 0.1) is 12.3 Å². The highest BCUT2D eigenvalue weighted by Crippen LogP contribution is 2.21. The number of hydrogen-bond acceptors (Lipinski definition) is 3. The lowest BCUT2D eigenvalue weighted by atomic mass is 10.1. The van der Waals surface area contributed by atoms with Crippen LogP contribution in [0, 0.1) is 5.92 Å². The summed E-state index contributed by atoms with van der Waals surface area (Å²) < 4.78 is 0. The highest BCUT2D eigenvalue weighted by Gasteiger charge is 2.23. The molecule has 0 fully saturated rings. The third-order valence-corrected chi connectivity index (χ3v) is 3.07. The van der Waals surface area contributed by atoms with Crippen LogP contribution in [0.2, 0.25) is 0 Å². The lowest BCUT2D eigenvalue weighted by Crippen LogP contribution is -2.24. The zero-order chi connectivity index (χ0) is 13.8. The summed E-state index contributed by atoms with van der Waals surface area (Å²) in [6.45, 7) is 0. The van der Waals surface area contributed by atoms with E-state index < -0.39 is 5.97 Å². The van der Waals surface area contributed by atoms with Gasteiger partial charge in [-0.25, -0.2) is 0 Å². The van der Waals surface area contributed by atoms with Gasteiger partial charge in [0.1, 0.15) is 0 Å². The molecule has 0 bridgehead atoms. The van der Waals surface area contributed by atoms with Crippen LogP contribution in [0.4, 0.5) is 5.69 Å². The number of nitrogens with two attached hydrogens (primary N) is 1. The molecule has 1 aromatic carbocycles. The molecule has 0 aliphatic heterocycles. The Bertz CT molecular complexity index is 525. The van der Waals surface area contributed by atoms with Crippen LogP contribution in [0.1, 0.15) is 12.0 Å². The average molecular weight is 260 g/mol. The van der Waals surface area contributed by atoms with Gasteiger partial charge in [0.2, 0.25) is 5.91 Å². The molecule has 0 aromatic heterocycles. The van der Waals surface area contributed by atoms with E-state index in [9.17, 15) is 9.59 Å². The van der Waals surface area contributed by atoms with Gasteiger partial charge < -0.3 is 16.2 Å². The molecule has 2 unspecified atom stereocenters. The van der Waals surface area contributed by atoms with Crippen molar-refractivity contribution in [2.75, 3.05) is 5.32 Å². The van der Waals surface area contributed by atoms with Crippen LogP contribution in [0.15, 0.2) is 36.4 Å². The third-order valence-electron chi connectivity index (χ3n) is 3.07. The second-order valence-electron chi connectivity index (χ2n) is 4.61. The Morgan fingerprint density at radius 2 is 2.05 bits per heavy atom. The minimum absolute atomic E-state index is 0.0787. The molecule has 19 heavy (non-hydrogen) atoms. The molecular formula is C14H16N2O3. The van der Waals surface area contributed by atoms with Gasteiger partial charge in [0, 0.05) is 11.7 Å². The van der Waals surface area contributed by atoms with Gasteiger partial charge in [0.25, 0.3) is 0 Å². The van der Waals surface area contributed by atoms with Crippen molar-refractivity contribution in [2.24, 2.45) is 11.7 Å². The highest BCUT2D eigenvalue weighted by atomic mass is 16.4. The summed E-state index contributed by atoms with van der Waals surface area (Å²) >= 11 is 0. The number of carbonyl (C=O) groups is 2. The number of aliphatic carboxylic acids is 1. The molecule has 4 N–H and O–H groups in total. The fourth-order valence-electron chi connectivity index (χ4n) is 2.11. The molecule has 5 heteroatoms. The second kappa shape index (κ2) is 5.67. The molecule has 0 saturated carbocycles. The molecule has 0 radical (unpaired) electrons. The first-order valence-electron chi connectivity index (χ1n) is 6.10. The first-order chi connectivity index (χ1) is 9.06. The Kier molecular flexibility index (Phi) is 3.97. The minimum atomic E-state index is -0.926. The predicted octanol–water partition coefficient (Wildman–Crippen LogP) is 1.16. The van der Waals surface area contributed by atoms with E-state index in [0.717, 1.165) is 0 Å². The zero-order valence-corrected chi connectivity index (χ0v) is 10.4. The maximum Gasteiger partial charge on any atom is 0.307 e. The number of carbonyl (C=O) groups excluding carboxylic acids is 1. The fraction of sp³-hybridized carbons (Fsp3) is 0.286. The Morgan fingerprint density at radius 1 is 1.32 bits per heavy atom. The summed E-state index contributed by atoms with van der Waals surface area (Å²) in [4.78, 5) is 22.8. The first kappa shape index (κ1) is 13.3. The number of rotatable bonds is 4. The third kappa shape index (κ3) is 3.42. The van der Waals surface area contributed by atoms with Gasteiger partial charge in [-0.1, -0.05) is 30.4 Å². The quantitative estimate of drug-likeness (QED) is 0.708. The summed E-state index contributed by atoms with van der Waals surface area (Å²) in [6, 6.07) is 6.83. The molecule has 1 aliphatic rings. The van der Waals surface area contributed by atoms with E-state index in [4.69, 9.17) is 10.8 Å². The van der Waals surface area contributed by atoms with Crippen LogP contribution < -0.4 is 11.1 Å². The Labute approximate surface area is 111 Å². The van der Waals surface area contributed by atoms with Crippen molar-refractivity contribution in [3.05, 3.63) is 42.0 Å². The monoisotopic (exact) mass is 260 g/mol. The highest BCUT2D eigenvalue weighted by molar-refractivity contribution is 5.95.